The first kappa shape index (κ1) is 14.0. The molecule has 3 nitrogen and oxygen atoms in total. The van der Waals surface area contributed by atoms with E-state index in [9.17, 15) is 0 Å². The van der Waals surface area contributed by atoms with Gasteiger partial charge in [0.25, 0.3) is 0 Å². The van der Waals surface area contributed by atoms with Crippen LogP contribution in [0.15, 0.2) is 36.5 Å². The van der Waals surface area contributed by atoms with E-state index in [0.717, 1.165) is 16.7 Å². The summed E-state index contributed by atoms with van der Waals surface area (Å²) in [5, 5.41) is 1.11. The zero-order chi connectivity index (χ0) is 8.39. The van der Waals surface area contributed by atoms with Crippen LogP contribution in [-0.2, 0) is 0 Å². The summed E-state index contributed by atoms with van der Waals surface area (Å²) < 4.78 is 5.16. The van der Waals surface area contributed by atoms with E-state index in [0.29, 0.717) is 0 Å². The van der Waals surface area contributed by atoms with Gasteiger partial charge < -0.3 is 10.2 Å². The molecular formula is C10H10KNO2. The summed E-state index contributed by atoms with van der Waals surface area (Å²) in [6, 6.07) is 9.83. The van der Waals surface area contributed by atoms with Crippen LogP contribution in [0.5, 0.6) is 5.75 Å². The summed E-state index contributed by atoms with van der Waals surface area (Å²) in [6.45, 7) is 0. The number of benzene rings is 1. The normalized spacial score (nSPS) is 8.64. The van der Waals surface area contributed by atoms with Crippen molar-refractivity contribution in [1.82, 2.24) is 4.98 Å². The number of nitrogens with zero attached hydrogens (tertiary/aromatic N) is 1. The molecule has 0 amide bonds. The Morgan fingerprint density at radius 1 is 1.14 bits per heavy atom. The van der Waals surface area contributed by atoms with Gasteiger partial charge in [0, 0.05) is 11.6 Å². The number of aromatic nitrogens is 1. The van der Waals surface area contributed by atoms with Crippen LogP contribution in [0.2, 0.25) is 0 Å². The first-order valence-electron chi connectivity index (χ1n) is 3.79. The van der Waals surface area contributed by atoms with Gasteiger partial charge in [-0.2, -0.15) is 0 Å². The number of pyridine rings is 1. The second-order valence-electron chi connectivity index (χ2n) is 2.54. The Kier molecular flexibility index (Phi) is 6.51. The van der Waals surface area contributed by atoms with Gasteiger partial charge in [-0.15, -0.1) is 0 Å². The summed E-state index contributed by atoms with van der Waals surface area (Å²) in [5.74, 6) is 0.827. The average Bonchev–Trinajstić information content (AvgIpc) is 2.17. The summed E-state index contributed by atoms with van der Waals surface area (Å²) in [6.07, 6.45) is 1.77. The van der Waals surface area contributed by atoms with Crippen molar-refractivity contribution in [3.8, 4) is 5.75 Å². The molecule has 0 bridgehead atoms. The van der Waals surface area contributed by atoms with E-state index < -0.39 is 0 Å². The molecule has 0 fully saturated rings. The molecule has 0 unspecified atom stereocenters. The molecule has 2 aromatic rings. The topological polar surface area (TPSA) is 52.1 Å². The molecule has 0 spiro atoms. The predicted octanol–water partition coefficient (Wildman–Crippen LogP) is -0.929. The third-order valence-corrected chi connectivity index (χ3v) is 1.82. The Balaban J connectivity index is 0.000000845. The van der Waals surface area contributed by atoms with Crippen LogP contribution in [0.1, 0.15) is 0 Å². The van der Waals surface area contributed by atoms with Crippen molar-refractivity contribution < 1.29 is 61.6 Å². The van der Waals surface area contributed by atoms with E-state index >= 15 is 0 Å². The van der Waals surface area contributed by atoms with Crippen molar-refractivity contribution >= 4 is 10.9 Å². The van der Waals surface area contributed by atoms with Crippen LogP contribution in [-0.4, -0.2) is 17.6 Å². The number of fused-ring (bicyclic) bond motifs is 1. The summed E-state index contributed by atoms with van der Waals surface area (Å²) in [4.78, 5) is 4.23. The molecule has 4 heteroatoms. The van der Waals surface area contributed by atoms with Crippen molar-refractivity contribution in [2.75, 3.05) is 7.11 Å². The van der Waals surface area contributed by atoms with Crippen LogP contribution in [0.25, 0.3) is 10.9 Å². The Labute approximate surface area is 125 Å². The molecule has 1 aromatic carbocycles. The molecular weight excluding hydrogens is 205 g/mol. The number of ether oxygens (including phenoxy) is 1. The number of para-hydroxylation sites is 1. The maximum absolute atomic E-state index is 5.16. The van der Waals surface area contributed by atoms with E-state index in [1.54, 1.807) is 13.3 Å². The monoisotopic (exact) mass is 215 g/mol. The summed E-state index contributed by atoms with van der Waals surface area (Å²) in [7, 11) is 1.66. The minimum atomic E-state index is 0. The van der Waals surface area contributed by atoms with Crippen molar-refractivity contribution in [2.45, 2.75) is 0 Å². The largest absolute Gasteiger partial charge is 1.00 e. The maximum atomic E-state index is 5.16. The third-order valence-electron chi connectivity index (χ3n) is 1.82. The van der Waals surface area contributed by atoms with Crippen molar-refractivity contribution in [2.24, 2.45) is 0 Å². The molecule has 1 aromatic heterocycles. The van der Waals surface area contributed by atoms with Gasteiger partial charge in [-0.05, 0) is 12.1 Å². The van der Waals surface area contributed by atoms with E-state index in [2.05, 4.69) is 4.98 Å². The summed E-state index contributed by atoms with van der Waals surface area (Å²) in [5.41, 5.74) is 0.919. The third kappa shape index (κ3) is 2.76. The van der Waals surface area contributed by atoms with E-state index in [1.165, 1.54) is 0 Å². The predicted molar refractivity (Wildman–Crippen MR) is 50.2 cm³/mol. The van der Waals surface area contributed by atoms with Crippen LogP contribution in [0.3, 0.4) is 0 Å². The SMILES string of the molecule is COc1cccc2cccnc12.[K+].[OH-]. The molecule has 0 atom stereocenters. The first-order chi connectivity index (χ1) is 5.92. The van der Waals surface area contributed by atoms with E-state index in [1.807, 2.05) is 30.3 Å². The Hall–Kier alpha value is 0.0264. The van der Waals surface area contributed by atoms with Gasteiger partial charge in [-0.3, -0.25) is 4.98 Å². The molecule has 1 N–H and O–H groups in total. The molecule has 0 radical (unpaired) electrons. The van der Waals surface area contributed by atoms with Gasteiger partial charge in [0.1, 0.15) is 11.3 Å². The van der Waals surface area contributed by atoms with Crippen LogP contribution in [0.4, 0.5) is 0 Å². The number of rotatable bonds is 1. The number of hydrogen-bond donors (Lipinski definition) is 0. The second kappa shape index (κ2) is 6.50. The minimum absolute atomic E-state index is 0. The van der Waals surface area contributed by atoms with Crippen molar-refractivity contribution in [1.29, 1.82) is 0 Å². The summed E-state index contributed by atoms with van der Waals surface area (Å²) >= 11 is 0. The van der Waals surface area contributed by atoms with Gasteiger partial charge in [0.05, 0.1) is 7.11 Å². The Morgan fingerprint density at radius 2 is 1.86 bits per heavy atom. The molecule has 0 saturated carbocycles. The number of hydrogen-bond acceptors (Lipinski definition) is 3. The fraction of sp³-hybridized carbons (Fsp3) is 0.100. The van der Waals surface area contributed by atoms with Gasteiger partial charge in [-0.1, -0.05) is 18.2 Å². The van der Waals surface area contributed by atoms with Crippen molar-refractivity contribution in [3.63, 3.8) is 0 Å². The molecule has 2 rings (SSSR count). The van der Waals surface area contributed by atoms with Gasteiger partial charge in [0.2, 0.25) is 0 Å². The maximum Gasteiger partial charge on any atom is 1.00 e. The fourth-order valence-corrected chi connectivity index (χ4v) is 1.24. The van der Waals surface area contributed by atoms with E-state index in [-0.39, 0.29) is 56.9 Å². The molecule has 0 saturated heterocycles. The average molecular weight is 215 g/mol. The molecule has 14 heavy (non-hydrogen) atoms. The second-order valence-corrected chi connectivity index (χ2v) is 2.54. The molecule has 68 valence electrons. The van der Waals surface area contributed by atoms with Crippen LogP contribution < -0.4 is 56.1 Å². The smallest absolute Gasteiger partial charge is 0.870 e. The number of methoxy groups -OCH3 is 1. The van der Waals surface area contributed by atoms with Crippen LogP contribution >= 0.6 is 0 Å². The first-order valence-corrected chi connectivity index (χ1v) is 3.79. The minimum Gasteiger partial charge on any atom is -0.870 e. The zero-order valence-electron chi connectivity index (χ0n) is 8.27. The fourth-order valence-electron chi connectivity index (χ4n) is 1.24. The van der Waals surface area contributed by atoms with E-state index in [4.69, 9.17) is 4.74 Å². The van der Waals surface area contributed by atoms with Gasteiger partial charge >= 0.3 is 51.4 Å². The quantitative estimate of drug-likeness (QED) is 0.578. The Bertz CT molecular complexity index is 401. The molecule has 0 aliphatic rings. The molecule has 0 aliphatic heterocycles. The van der Waals surface area contributed by atoms with Gasteiger partial charge in [-0.25, -0.2) is 0 Å². The zero-order valence-corrected chi connectivity index (χ0v) is 11.4. The van der Waals surface area contributed by atoms with Crippen molar-refractivity contribution in [3.05, 3.63) is 36.5 Å². The standard InChI is InChI=1S/C10H9NO.K.H2O/c1-12-9-6-2-4-8-5-3-7-11-10(8)9;;/h2-7H,1H3;;1H2/q;+1;/p-1. The molecule has 0 aliphatic carbocycles. The van der Waals surface area contributed by atoms with Crippen LogP contribution in [0, 0.1) is 0 Å². The Morgan fingerprint density at radius 3 is 2.57 bits per heavy atom. The van der Waals surface area contributed by atoms with Gasteiger partial charge in [0.15, 0.2) is 0 Å². The molecule has 1 heterocycles.